The van der Waals surface area contributed by atoms with E-state index in [1.165, 1.54) is 0 Å². The molecule has 0 saturated carbocycles. The zero-order valence-corrected chi connectivity index (χ0v) is 10.6. The molecular formula is C12H22N4O. The van der Waals surface area contributed by atoms with E-state index in [4.69, 9.17) is 0 Å². The van der Waals surface area contributed by atoms with Gasteiger partial charge in [-0.25, -0.2) is 9.78 Å². The summed E-state index contributed by atoms with van der Waals surface area (Å²) in [6.45, 7) is 6.55. The second-order valence-corrected chi connectivity index (χ2v) is 4.54. The molecule has 0 spiro atoms. The lowest BCUT2D eigenvalue weighted by atomic mass is 10.2. The first-order valence-corrected chi connectivity index (χ1v) is 6.16. The Balaban J connectivity index is 1.95. The molecule has 1 rings (SSSR count). The minimum Gasteiger partial charge on any atom is -0.338 e. The molecule has 17 heavy (non-hydrogen) atoms. The summed E-state index contributed by atoms with van der Waals surface area (Å²) < 4.78 is 2.04. The maximum atomic E-state index is 11.3. The third-order valence-corrected chi connectivity index (χ3v) is 2.36. The molecule has 0 aromatic carbocycles. The van der Waals surface area contributed by atoms with E-state index in [9.17, 15) is 4.79 Å². The number of carbonyl (C=O) groups is 1. The second kappa shape index (κ2) is 7.70. The molecule has 0 radical (unpaired) electrons. The number of nitrogens with zero attached hydrogens (tertiary/aromatic N) is 2. The lowest BCUT2D eigenvalue weighted by molar-refractivity contribution is 0.239. The number of carbonyl (C=O) groups excluding carboxylic acids is 1. The highest BCUT2D eigenvalue weighted by molar-refractivity contribution is 5.73. The van der Waals surface area contributed by atoms with Crippen LogP contribution in [0.5, 0.6) is 0 Å². The molecule has 0 unspecified atom stereocenters. The number of aryl methyl sites for hydroxylation is 1. The van der Waals surface area contributed by atoms with Crippen LogP contribution in [0.4, 0.5) is 4.79 Å². The Labute approximate surface area is 103 Å². The van der Waals surface area contributed by atoms with Gasteiger partial charge in [0.25, 0.3) is 0 Å². The number of hydrogen-bond donors (Lipinski definition) is 2. The van der Waals surface area contributed by atoms with Gasteiger partial charge in [0, 0.05) is 32.0 Å². The van der Waals surface area contributed by atoms with E-state index in [0.29, 0.717) is 5.92 Å². The molecule has 5 heteroatoms. The Bertz CT molecular complexity index is 308. The van der Waals surface area contributed by atoms with Crippen LogP contribution < -0.4 is 10.6 Å². The Hall–Kier alpha value is -1.52. The molecule has 96 valence electrons. The summed E-state index contributed by atoms with van der Waals surface area (Å²) >= 11 is 0. The van der Waals surface area contributed by atoms with Gasteiger partial charge in [-0.1, -0.05) is 13.8 Å². The van der Waals surface area contributed by atoms with Crippen molar-refractivity contribution < 1.29 is 4.79 Å². The van der Waals surface area contributed by atoms with E-state index in [1.807, 2.05) is 17.1 Å². The molecule has 2 N–H and O–H groups in total. The van der Waals surface area contributed by atoms with Gasteiger partial charge in [0.15, 0.2) is 0 Å². The summed E-state index contributed by atoms with van der Waals surface area (Å²) in [4.78, 5) is 15.3. The smallest absolute Gasteiger partial charge is 0.314 e. The molecule has 0 atom stereocenters. The van der Waals surface area contributed by atoms with Crippen LogP contribution in [0, 0.1) is 5.92 Å². The summed E-state index contributed by atoms with van der Waals surface area (Å²) in [5.41, 5.74) is 0. The Morgan fingerprint density at radius 2 is 2.18 bits per heavy atom. The molecule has 0 saturated heterocycles. The van der Waals surface area contributed by atoms with E-state index in [2.05, 4.69) is 29.5 Å². The lowest BCUT2D eigenvalue weighted by Gasteiger charge is -2.09. The lowest BCUT2D eigenvalue weighted by Crippen LogP contribution is -2.37. The van der Waals surface area contributed by atoms with Crippen molar-refractivity contribution >= 4 is 6.03 Å². The molecule has 1 aromatic heterocycles. The van der Waals surface area contributed by atoms with Crippen molar-refractivity contribution in [1.29, 1.82) is 0 Å². The van der Waals surface area contributed by atoms with E-state index < -0.39 is 0 Å². The average Bonchev–Trinajstić information content (AvgIpc) is 2.79. The predicted octanol–water partition coefficient (Wildman–Crippen LogP) is 1.62. The third-order valence-electron chi connectivity index (χ3n) is 2.36. The van der Waals surface area contributed by atoms with E-state index >= 15 is 0 Å². The quantitative estimate of drug-likeness (QED) is 0.709. The van der Waals surface area contributed by atoms with Gasteiger partial charge in [0.1, 0.15) is 0 Å². The predicted molar refractivity (Wildman–Crippen MR) is 67.7 cm³/mol. The fraction of sp³-hybridized carbons (Fsp3) is 0.667. The Kier molecular flexibility index (Phi) is 6.14. The van der Waals surface area contributed by atoms with Crippen molar-refractivity contribution in [3.63, 3.8) is 0 Å². The number of rotatable bonds is 7. The minimum atomic E-state index is -0.0682. The van der Waals surface area contributed by atoms with E-state index in [1.54, 1.807) is 6.20 Å². The first-order valence-electron chi connectivity index (χ1n) is 6.16. The average molecular weight is 238 g/mol. The summed E-state index contributed by atoms with van der Waals surface area (Å²) in [6.07, 6.45) is 7.55. The summed E-state index contributed by atoms with van der Waals surface area (Å²) in [7, 11) is 0. The van der Waals surface area contributed by atoms with Crippen LogP contribution in [0.15, 0.2) is 18.7 Å². The normalized spacial score (nSPS) is 10.5. The van der Waals surface area contributed by atoms with E-state index in [0.717, 1.165) is 32.5 Å². The maximum Gasteiger partial charge on any atom is 0.314 e. The maximum absolute atomic E-state index is 11.3. The number of aromatic nitrogens is 2. The number of amides is 2. The molecule has 5 nitrogen and oxygen atoms in total. The van der Waals surface area contributed by atoms with Gasteiger partial charge in [-0.2, -0.15) is 0 Å². The number of imidazole rings is 1. The molecule has 2 amide bonds. The van der Waals surface area contributed by atoms with E-state index in [-0.39, 0.29) is 6.03 Å². The van der Waals surface area contributed by atoms with Crippen LogP contribution in [0.25, 0.3) is 0 Å². The van der Waals surface area contributed by atoms with Gasteiger partial charge in [-0.3, -0.25) is 0 Å². The van der Waals surface area contributed by atoms with Crippen molar-refractivity contribution in [2.24, 2.45) is 5.92 Å². The molecular weight excluding hydrogens is 216 g/mol. The molecule has 0 fully saturated rings. The summed E-state index contributed by atoms with van der Waals surface area (Å²) in [6, 6.07) is -0.0682. The number of unbranched alkanes of at least 4 members (excludes halogenated alkanes) is 1. The number of nitrogens with one attached hydrogen (secondary N) is 2. The van der Waals surface area contributed by atoms with Gasteiger partial charge < -0.3 is 15.2 Å². The third kappa shape index (κ3) is 6.60. The van der Waals surface area contributed by atoms with Crippen LogP contribution in [-0.4, -0.2) is 28.7 Å². The highest BCUT2D eigenvalue weighted by Crippen LogP contribution is 1.94. The van der Waals surface area contributed by atoms with Crippen molar-refractivity contribution in [1.82, 2.24) is 20.2 Å². The first-order chi connectivity index (χ1) is 8.18. The molecule has 0 bridgehead atoms. The SMILES string of the molecule is CC(C)CNC(=O)NCCCCn1ccnc1. The van der Waals surface area contributed by atoms with Gasteiger partial charge in [0.05, 0.1) is 6.33 Å². The largest absolute Gasteiger partial charge is 0.338 e. The highest BCUT2D eigenvalue weighted by Gasteiger charge is 2.00. The number of urea groups is 1. The fourth-order valence-electron chi connectivity index (χ4n) is 1.40. The first kappa shape index (κ1) is 13.5. The van der Waals surface area contributed by atoms with Crippen molar-refractivity contribution in [3.8, 4) is 0 Å². The summed E-state index contributed by atoms with van der Waals surface area (Å²) in [5, 5.41) is 5.66. The standard InChI is InChI=1S/C12H22N4O/c1-11(2)9-15-12(17)14-5-3-4-7-16-8-6-13-10-16/h6,8,10-11H,3-5,7,9H2,1-2H3,(H2,14,15,17). The topological polar surface area (TPSA) is 59.0 Å². The Morgan fingerprint density at radius 3 is 2.82 bits per heavy atom. The van der Waals surface area contributed by atoms with Gasteiger partial charge in [-0.15, -0.1) is 0 Å². The minimum absolute atomic E-state index is 0.0682. The van der Waals surface area contributed by atoms with Gasteiger partial charge >= 0.3 is 6.03 Å². The van der Waals surface area contributed by atoms with Crippen LogP contribution in [-0.2, 0) is 6.54 Å². The highest BCUT2D eigenvalue weighted by atomic mass is 16.2. The second-order valence-electron chi connectivity index (χ2n) is 4.54. The van der Waals surface area contributed by atoms with Crippen molar-refractivity contribution in [2.75, 3.05) is 13.1 Å². The van der Waals surface area contributed by atoms with Crippen LogP contribution >= 0.6 is 0 Å². The molecule has 0 aliphatic rings. The molecule has 0 aliphatic heterocycles. The van der Waals surface area contributed by atoms with Gasteiger partial charge in [-0.05, 0) is 18.8 Å². The summed E-state index contributed by atoms with van der Waals surface area (Å²) in [5.74, 6) is 0.488. The Morgan fingerprint density at radius 1 is 1.35 bits per heavy atom. The van der Waals surface area contributed by atoms with Crippen LogP contribution in [0.3, 0.4) is 0 Å². The zero-order valence-electron chi connectivity index (χ0n) is 10.6. The molecule has 0 aliphatic carbocycles. The van der Waals surface area contributed by atoms with Crippen LogP contribution in [0.2, 0.25) is 0 Å². The number of hydrogen-bond acceptors (Lipinski definition) is 2. The zero-order chi connectivity index (χ0) is 12.5. The van der Waals surface area contributed by atoms with Crippen LogP contribution in [0.1, 0.15) is 26.7 Å². The van der Waals surface area contributed by atoms with Crippen molar-refractivity contribution in [2.45, 2.75) is 33.2 Å². The van der Waals surface area contributed by atoms with Crippen molar-refractivity contribution in [3.05, 3.63) is 18.7 Å². The molecule has 1 heterocycles. The molecule has 1 aromatic rings. The fourth-order valence-corrected chi connectivity index (χ4v) is 1.40. The monoisotopic (exact) mass is 238 g/mol. The van der Waals surface area contributed by atoms with Gasteiger partial charge in [0.2, 0.25) is 0 Å².